The first-order valence-corrected chi connectivity index (χ1v) is 16.0. The molecule has 0 bridgehead atoms. The van der Waals surface area contributed by atoms with E-state index < -0.39 is 5.60 Å². The minimum atomic E-state index is -0.650. The van der Waals surface area contributed by atoms with E-state index in [4.69, 9.17) is 10.5 Å². The average Bonchev–Trinajstić information content (AvgIpc) is 3.80. The first-order valence-electron chi connectivity index (χ1n) is 16.0. The SMILES string of the molecule is Nc1ccccc1.OC1(CNc2ccccc2)CCCN(Cc2ccccc2)C1.c1ccc(CN2CCCC3(CO3)C2)cc1. The van der Waals surface area contributed by atoms with Crippen molar-refractivity contribution in [2.24, 2.45) is 0 Å². The predicted octanol–water partition coefficient (Wildman–Crippen LogP) is 6.45. The van der Waals surface area contributed by atoms with E-state index in [1.807, 2.05) is 66.7 Å². The highest BCUT2D eigenvalue weighted by Gasteiger charge is 2.47. The van der Waals surface area contributed by atoms with Crippen molar-refractivity contribution in [2.75, 3.05) is 50.4 Å². The lowest BCUT2D eigenvalue weighted by atomic mass is 9.92. The molecule has 2 atom stereocenters. The number of likely N-dealkylation sites (tertiary alicyclic amines) is 2. The van der Waals surface area contributed by atoms with Crippen LogP contribution in [0.1, 0.15) is 36.8 Å². The number of hydrogen-bond donors (Lipinski definition) is 3. The van der Waals surface area contributed by atoms with Gasteiger partial charge in [-0.05, 0) is 74.2 Å². The number of ether oxygens (including phenoxy) is 1. The maximum atomic E-state index is 10.9. The van der Waals surface area contributed by atoms with E-state index in [-0.39, 0.29) is 5.60 Å². The van der Waals surface area contributed by atoms with Crippen LogP contribution in [0.5, 0.6) is 0 Å². The van der Waals surface area contributed by atoms with Crippen molar-refractivity contribution >= 4 is 11.4 Å². The van der Waals surface area contributed by atoms with Crippen LogP contribution >= 0.6 is 0 Å². The van der Waals surface area contributed by atoms with Crippen LogP contribution in [-0.4, -0.2) is 65.4 Å². The number of para-hydroxylation sites is 2. The molecule has 44 heavy (non-hydrogen) atoms. The number of piperidine rings is 2. The highest BCUT2D eigenvalue weighted by Crippen LogP contribution is 2.36. The van der Waals surface area contributed by atoms with Crippen LogP contribution in [0.2, 0.25) is 0 Å². The smallest absolute Gasteiger partial charge is 0.104 e. The Morgan fingerprint density at radius 1 is 0.659 bits per heavy atom. The Balaban J connectivity index is 0.000000149. The fourth-order valence-electron chi connectivity index (χ4n) is 6.11. The van der Waals surface area contributed by atoms with Gasteiger partial charge in [-0.25, -0.2) is 0 Å². The number of hydrogen-bond acceptors (Lipinski definition) is 6. The molecule has 3 saturated heterocycles. The van der Waals surface area contributed by atoms with Crippen LogP contribution in [0, 0.1) is 0 Å². The summed E-state index contributed by atoms with van der Waals surface area (Å²) in [6, 6.07) is 40.8. The summed E-state index contributed by atoms with van der Waals surface area (Å²) in [5.41, 5.74) is 9.57. The maximum absolute atomic E-state index is 10.9. The van der Waals surface area contributed by atoms with E-state index in [0.717, 1.165) is 63.5 Å². The number of nitrogens with one attached hydrogen (secondary N) is 1. The molecule has 4 N–H and O–H groups in total. The molecule has 3 fully saturated rings. The van der Waals surface area contributed by atoms with Crippen molar-refractivity contribution in [2.45, 2.75) is 50.0 Å². The van der Waals surface area contributed by atoms with Crippen molar-refractivity contribution in [1.29, 1.82) is 0 Å². The maximum Gasteiger partial charge on any atom is 0.104 e. The number of aliphatic hydroxyl groups is 1. The molecule has 3 aliphatic rings. The van der Waals surface area contributed by atoms with E-state index in [0.29, 0.717) is 6.54 Å². The zero-order valence-electron chi connectivity index (χ0n) is 25.9. The largest absolute Gasteiger partial charge is 0.399 e. The van der Waals surface area contributed by atoms with Crippen molar-refractivity contribution in [3.63, 3.8) is 0 Å². The molecule has 232 valence electrons. The summed E-state index contributed by atoms with van der Waals surface area (Å²) in [4.78, 5) is 4.87. The number of nitrogens with zero attached hydrogens (tertiary/aromatic N) is 2. The quantitative estimate of drug-likeness (QED) is 0.169. The third-order valence-corrected chi connectivity index (χ3v) is 8.50. The molecule has 7 rings (SSSR count). The molecule has 0 radical (unpaired) electrons. The van der Waals surface area contributed by atoms with Gasteiger partial charge in [-0.15, -0.1) is 0 Å². The van der Waals surface area contributed by atoms with Gasteiger partial charge >= 0.3 is 0 Å². The highest BCUT2D eigenvalue weighted by atomic mass is 16.6. The van der Waals surface area contributed by atoms with Gasteiger partial charge in [0.2, 0.25) is 0 Å². The van der Waals surface area contributed by atoms with Crippen LogP contribution in [0.25, 0.3) is 0 Å². The van der Waals surface area contributed by atoms with Crippen molar-refractivity contribution in [3.05, 3.63) is 132 Å². The molecule has 6 heteroatoms. The number of nitrogen functional groups attached to an aromatic ring is 1. The average molecular weight is 593 g/mol. The Hall–Kier alpha value is -3.68. The first kappa shape index (κ1) is 31.7. The summed E-state index contributed by atoms with van der Waals surface area (Å²) in [6.07, 6.45) is 4.45. The molecule has 1 spiro atoms. The van der Waals surface area contributed by atoms with Crippen LogP contribution < -0.4 is 11.1 Å². The molecule has 3 aliphatic heterocycles. The van der Waals surface area contributed by atoms with Gasteiger partial charge in [0.15, 0.2) is 0 Å². The zero-order chi connectivity index (χ0) is 30.5. The highest BCUT2D eigenvalue weighted by molar-refractivity contribution is 5.42. The minimum absolute atomic E-state index is 0.257. The van der Waals surface area contributed by atoms with E-state index in [1.165, 1.54) is 30.5 Å². The Labute approximate surface area is 263 Å². The number of nitrogens with two attached hydrogens (primary N) is 1. The Kier molecular flexibility index (Phi) is 11.4. The molecule has 0 amide bonds. The number of β-amino-alcohol motifs (C(OH)–C–C–N with tert-alkyl or cyclic N) is 1. The number of anilines is 2. The van der Waals surface area contributed by atoms with Crippen LogP contribution in [0.15, 0.2) is 121 Å². The molecular weight excluding hydrogens is 544 g/mol. The summed E-state index contributed by atoms with van der Waals surface area (Å²) in [5.74, 6) is 0. The van der Waals surface area contributed by atoms with Crippen molar-refractivity contribution in [1.82, 2.24) is 9.80 Å². The van der Waals surface area contributed by atoms with E-state index in [9.17, 15) is 5.11 Å². The van der Waals surface area contributed by atoms with Gasteiger partial charge < -0.3 is 20.9 Å². The Morgan fingerprint density at radius 2 is 1.14 bits per heavy atom. The molecule has 0 aliphatic carbocycles. The molecular formula is C38H48N4O2. The van der Waals surface area contributed by atoms with Gasteiger partial charge in [0, 0.05) is 44.1 Å². The van der Waals surface area contributed by atoms with Gasteiger partial charge in [0.05, 0.1) is 12.2 Å². The number of benzene rings is 4. The Morgan fingerprint density at radius 3 is 1.64 bits per heavy atom. The molecule has 0 aromatic heterocycles. The zero-order valence-corrected chi connectivity index (χ0v) is 25.9. The predicted molar refractivity (Wildman–Crippen MR) is 181 cm³/mol. The topological polar surface area (TPSA) is 77.3 Å². The third kappa shape index (κ3) is 10.5. The van der Waals surface area contributed by atoms with E-state index in [1.54, 1.807) is 0 Å². The lowest BCUT2D eigenvalue weighted by Gasteiger charge is -2.39. The normalized spacial score (nSPS) is 23.0. The van der Waals surface area contributed by atoms with Crippen LogP contribution in [0.3, 0.4) is 0 Å². The molecule has 6 nitrogen and oxygen atoms in total. The van der Waals surface area contributed by atoms with E-state index >= 15 is 0 Å². The second-order valence-corrected chi connectivity index (χ2v) is 12.4. The summed E-state index contributed by atoms with van der Waals surface area (Å²) < 4.78 is 5.56. The summed E-state index contributed by atoms with van der Waals surface area (Å²) in [6.45, 7) is 7.70. The van der Waals surface area contributed by atoms with Gasteiger partial charge in [0.25, 0.3) is 0 Å². The second kappa shape index (κ2) is 15.9. The van der Waals surface area contributed by atoms with Crippen LogP contribution in [0.4, 0.5) is 11.4 Å². The summed E-state index contributed by atoms with van der Waals surface area (Å²) in [5, 5.41) is 14.2. The van der Waals surface area contributed by atoms with Gasteiger partial charge in [0.1, 0.15) is 5.60 Å². The van der Waals surface area contributed by atoms with Gasteiger partial charge in [-0.2, -0.15) is 0 Å². The summed E-state index contributed by atoms with van der Waals surface area (Å²) >= 11 is 0. The number of epoxide rings is 1. The Bertz CT molecular complexity index is 1350. The number of rotatable bonds is 7. The lowest BCUT2D eigenvalue weighted by molar-refractivity contribution is -0.0226. The first-order chi connectivity index (χ1) is 21.5. The fraction of sp³-hybridized carbons (Fsp3) is 0.368. The lowest BCUT2D eigenvalue weighted by Crippen LogP contribution is -2.51. The van der Waals surface area contributed by atoms with Crippen molar-refractivity contribution in [3.8, 4) is 0 Å². The second-order valence-electron chi connectivity index (χ2n) is 12.4. The molecule has 2 unspecified atom stereocenters. The third-order valence-electron chi connectivity index (χ3n) is 8.50. The van der Waals surface area contributed by atoms with Gasteiger partial charge in [-0.3, -0.25) is 9.80 Å². The molecule has 4 aromatic carbocycles. The minimum Gasteiger partial charge on any atom is -0.399 e. The van der Waals surface area contributed by atoms with Gasteiger partial charge in [-0.1, -0.05) is 97.1 Å². The summed E-state index contributed by atoms with van der Waals surface area (Å²) in [7, 11) is 0. The standard InChI is InChI=1S/C19H24N2O.C13H17NO.C6H7N/c22-19(15-20-18-10-5-2-6-11-18)12-7-13-21(16-19)14-17-8-3-1-4-9-17;1-2-5-12(6-3-1)9-14-8-4-7-13(10-14)11-15-13;7-6-4-2-1-3-5-6/h1-6,8-11,20,22H,7,12-16H2;1-3,5-6H,4,7-11H2;1-5H,7H2. The van der Waals surface area contributed by atoms with Crippen LogP contribution in [-0.2, 0) is 17.8 Å². The molecule has 0 saturated carbocycles. The molecule has 3 heterocycles. The van der Waals surface area contributed by atoms with Crippen molar-refractivity contribution < 1.29 is 9.84 Å². The molecule has 4 aromatic rings. The fourth-order valence-corrected chi connectivity index (χ4v) is 6.11. The van der Waals surface area contributed by atoms with E-state index in [2.05, 4.69) is 69.7 Å². The monoisotopic (exact) mass is 592 g/mol.